The van der Waals surface area contributed by atoms with Gasteiger partial charge in [-0.1, -0.05) is 18.2 Å². The number of halogens is 1. The molecule has 0 aliphatic carbocycles. The van der Waals surface area contributed by atoms with Crippen LogP contribution in [0.1, 0.15) is 19.8 Å². The normalized spacial score (nSPS) is 10.8. The van der Waals surface area contributed by atoms with Gasteiger partial charge in [-0.15, -0.1) is 24.0 Å². The number of unbranched alkanes of at least 4 members (excludes halogenated alkanes) is 1. The predicted octanol–water partition coefficient (Wildman–Crippen LogP) is 3.44. The highest BCUT2D eigenvalue weighted by Crippen LogP contribution is 2.11. The monoisotopic (exact) mass is 450 g/mol. The lowest BCUT2D eigenvalue weighted by Crippen LogP contribution is -2.38. The molecule has 0 aromatic heterocycles. The number of nitrogens with zero attached hydrogens (tertiary/aromatic N) is 2. The molecule has 0 atom stereocenters. The quantitative estimate of drug-likeness (QED) is 0.248. The smallest absolute Gasteiger partial charge is 0.191 e. The molecule has 1 rings (SSSR count). The Hall–Kier alpha value is -0.630. The van der Waals surface area contributed by atoms with Gasteiger partial charge in [0.1, 0.15) is 0 Å². The van der Waals surface area contributed by atoms with Crippen LogP contribution < -0.4 is 15.5 Å². The minimum absolute atomic E-state index is 0. The fraction of sp³-hybridized carbons (Fsp3) is 0.588. The fourth-order valence-electron chi connectivity index (χ4n) is 2.08. The lowest BCUT2D eigenvalue weighted by molar-refractivity contribution is 0.721. The van der Waals surface area contributed by atoms with E-state index in [1.165, 1.54) is 5.69 Å². The molecule has 1 aromatic carbocycles. The number of aliphatic imine (C=N–C) groups is 1. The molecule has 0 fully saturated rings. The third kappa shape index (κ3) is 10.7. The van der Waals surface area contributed by atoms with Gasteiger partial charge < -0.3 is 15.5 Å². The molecule has 0 saturated carbocycles. The van der Waals surface area contributed by atoms with Crippen molar-refractivity contribution in [2.45, 2.75) is 19.8 Å². The lowest BCUT2D eigenvalue weighted by atomic mass is 10.2. The summed E-state index contributed by atoms with van der Waals surface area (Å²) >= 11 is 1.84. The first kappa shape index (κ1) is 22.4. The van der Waals surface area contributed by atoms with Crippen molar-refractivity contribution in [1.82, 2.24) is 10.6 Å². The van der Waals surface area contributed by atoms with Crippen LogP contribution >= 0.6 is 35.7 Å². The van der Waals surface area contributed by atoms with Crippen LogP contribution in [0, 0.1) is 0 Å². The maximum atomic E-state index is 4.62. The Balaban J connectivity index is 0.00000484. The Morgan fingerprint density at radius 1 is 1.17 bits per heavy atom. The largest absolute Gasteiger partial charge is 0.375 e. The van der Waals surface area contributed by atoms with Crippen molar-refractivity contribution in [3.8, 4) is 0 Å². The van der Waals surface area contributed by atoms with Crippen LogP contribution in [0.15, 0.2) is 35.3 Å². The fourth-order valence-corrected chi connectivity index (χ4v) is 2.38. The third-order valence-corrected chi connectivity index (χ3v) is 3.92. The van der Waals surface area contributed by atoms with E-state index in [0.29, 0.717) is 0 Å². The molecule has 0 radical (unpaired) electrons. The number of anilines is 1. The topological polar surface area (TPSA) is 39.7 Å². The molecular formula is C17H31IN4S. The summed E-state index contributed by atoms with van der Waals surface area (Å²) in [5, 5.41) is 6.64. The third-order valence-electron chi connectivity index (χ3n) is 3.31. The van der Waals surface area contributed by atoms with Crippen LogP contribution in [0.5, 0.6) is 0 Å². The molecule has 0 amide bonds. The molecule has 6 heteroatoms. The van der Waals surface area contributed by atoms with E-state index in [9.17, 15) is 0 Å². The highest BCUT2D eigenvalue weighted by Gasteiger charge is 1.99. The summed E-state index contributed by atoms with van der Waals surface area (Å²) in [5.41, 5.74) is 1.28. The van der Waals surface area contributed by atoms with E-state index in [-0.39, 0.29) is 24.0 Å². The minimum Gasteiger partial charge on any atom is -0.375 e. The average Bonchev–Trinajstić information content (AvgIpc) is 2.55. The van der Waals surface area contributed by atoms with Crippen LogP contribution in [-0.2, 0) is 0 Å². The molecule has 0 spiro atoms. The molecule has 0 heterocycles. The molecule has 0 bridgehead atoms. The van der Waals surface area contributed by atoms with Crippen molar-refractivity contribution in [3.05, 3.63) is 30.3 Å². The second kappa shape index (κ2) is 14.9. The van der Waals surface area contributed by atoms with Gasteiger partial charge in [0.2, 0.25) is 0 Å². The first-order chi connectivity index (χ1) is 10.8. The van der Waals surface area contributed by atoms with E-state index in [4.69, 9.17) is 0 Å². The average molecular weight is 450 g/mol. The Morgan fingerprint density at radius 3 is 2.57 bits per heavy atom. The van der Waals surface area contributed by atoms with E-state index < -0.39 is 0 Å². The first-order valence-electron chi connectivity index (χ1n) is 8.05. The van der Waals surface area contributed by atoms with E-state index >= 15 is 0 Å². The molecule has 0 unspecified atom stereocenters. The number of guanidine groups is 1. The molecular weight excluding hydrogens is 419 g/mol. The van der Waals surface area contributed by atoms with Gasteiger partial charge in [-0.3, -0.25) is 4.99 Å². The number of para-hydroxylation sites is 1. The number of nitrogens with one attached hydrogen (secondary N) is 2. The maximum Gasteiger partial charge on any atom is 0.191 e. The zero-order valence-corrected chi connectivity index (χ0v) is 17.7. The van der Waals surface area contributed by atoms with Gasteiger partial charge >= 0.3 is 0 Å². The molecule has 1 aromatic rings. The summed E-state index contributed by atoms with van der Waals surface area (Å²) in [4.78, 5) is 6.92. The number of benzene rings is 1. The van der Waals surface area contributed by atoms with E-state index in [0.717, 1.165) is 50.7 Å². The molecule has 0 saturated heterocycles. The van der Waals surface area contributed by atoms with Crippen molar-refractivity contribution >= 4 is 47.4 Å². The van der Waals surface area contributed by atoms with Crippen molar-refractivity contribution in [3.63, 3.8) is 0 Å². The summed E-state index contributed by atoms with van der Waals surface area (Å²) in [5.74, 6) is 2.04. The molecule has 0 aliphatic heterocycles. The van der Waals surface area contributed by atoms with Crippen LogP contribution in [-0.4, -0.2) is 51.2 Å². The lowest BCUT2D eigenvalue weighted by Gasteiger charge is -2.18. The van der Waals surface area contributed by atoms with Gasteiger partial charge in [-0.2, -0.15) is 11.8 Å². The predicted molar refractivity (Wildman–Crippen MR) is 117 cm³/mol. The van der Waals surface area contributed by atoms with Crippen molar-refractivity contribution in [2.24, 2.45) is 4.99 Å². The highest BCUT2D eigenvalue weighted by molar-refractivity contribution is 14.0. The molecule has 2 N–H and O–H groups in total. The minimum atomic E-state index is 0. The summed E-state index contributed by atoms with van der Waals surface area (Å²) in [7, 11) is 2.15. The van der Waals surface area contributed by atoms with E-state index in [2.05, 4.69) is 71.1 Å². The summed E-state index contributed by atoms with van der Waals surface area (Å²) in [6.45, 7) is 5.90. The number of hydrogen-bond donors (Lipinski definition) is 2. The van der Waals surface area contributed by atoms with Crippen LogP contribution in [0.2, 0.25) is 0 Å². The SMILES string of the molecule is CCNC(=NCCCCN(C)c1ccccc1)NCCSC.I. The van der Waals surface area contributed by atoms with Crippen LogP contribution in [0.3, 0.4) is 0 Å². The highest BCUT2D eigenvalue weighted by atomic mass is 127. The second-order valence-electron chi connectivity index (χ2n) is 5.14. The summed E-state index contributed by atoms with van der Waals surface area (Å²) < 4.78 is 0. The van der Waals surface area contributed by atoms with Crippen molar-refractivity contribution in [2.75, 3.05) is 50.1 Å². The van der Waals surface area contributed by atoms with Crippen molar-refractivity contribution in [1.29, 1.82) is 0 Å². The van der Waals surface area contributed by atoms with Crippen LogP contribution in [0.25, 0.3) is 0 Å². The zero-order chi connectivity index (χ0) is 16.0. The van der Waals surface area contributed by atoms with Gasteiger partial charge in [0.25, 0.3) is 0 Å². The van der Waals surface area contributed by atoms with Gasteiger partial charge in [-0.25, -0.2) is 0 Å². The molecule has 132 valence electrons. The Bertz CT molecular complexity index is 414. The molecule has 0 aliphatic rings. The zero-order valence-electron chi connectivity index (χ0n) is 14.5. The molecule has 23 heavy (non-hydrogen) atoms. The second-order valence-corrected chi connectivity index (χ2v) is 6.13. The van der Waals surface area contributed by atoms with Gasteiger partial charge in [0.05, 0.1) is 0 Å². The van der Waals surface area contributed by atoms with Gasteiger partial charge in [-0.05, 0) is 38.2 Å². The van der Waals surface area contributed by atoms with Crippen LogP contribution in [0.4, 0.5) is 5.69 Å². The van der Waals surface area contributed by atoms with E-state index in [1.54, 1.807) is 0 Å². The molecule has 4 nitrogen and oxygen atoms in total. The number of hydrogen-bond acceptors (Lipinski definition) is 3. The van der Waals surface area contributed by atoms with Gasteiger partial charge in [0.15, 0.2) is 5.96 Å². The maximum absolute atomic E-state index is 4.62. The summed E-state index contributed by atoms with van der Waals surface area (Å²) in [6.07, 6.45) is 4.38. The van der Waals surface area contributed by atoms with Gasteiger partial charge in [0, 0.05) is 44.7 Å². The first-order valence-corrected chi connectivity index (χ1v) is 9.44. The Kier molecular flexibility index (Phi) is 14.5. The number of thioether (sulfide) groups is 1. The van der Waals surface area contributed by atoms with E-state index in [1.807, 2.05) is 11.8 Å². The number of rotatable bonds is 10. The van der Waals surface area contributed by atoms with Crippen molar-refractivity contribution < 1.29 is 0 Å². The Labute approximate surface area is 162 Å². The summed E-state index contributed by atoms with van der Waals surface area (Å²) in [6, 6.07) is 10.5. The standard InChI is InChI=1S/C17H30N4S.HI/c1-4-18-17(20-13-15-22-3)19-12-8-9-14-21(2)16-10-6-5-7-11-16;/h5-7,10-11H,4,8-9,12-15H2,1-3H3,(H2,18,19,20);1H. The Morgan fingerprint density at radius 2 is 1.91 bits per heavy atom.